The molecule has 2 aromatic carbocycles. The molecule has 0 spiro atoms. The Bertz CT molecular complexity index is 1240. The van der Waals surface area contributed by atoms with Crippen molar-refractivity contribution in [2.75, 3.05) is 0 Å². The molecule has 1 amide bonds. The second kappa shape index (κ2) is 8.70. The molecule has 3 aromatic rings. The number of rotatable bonds is 5. The van der Waals surface area contributed by atoms with Crippen LogP contribution in [0.25, 0.3) is 11.3 Å². The molecule has 6 nitrogen and oxygen atoms in total. The topological polar surface area (TPSA) is 81.1 Å². The van der Waals surface area contributed by atoms with E-state index in [-0.39, 0.29) is 31.2 Å². The quantitative estimate of drug-likeness (QED) is 0.510. The Hall–Kier alpha value is -2.27. The van der Waals surface area contributed by atoms with Crippen LogP contribution in [0.4, 0.5) is 13.2 Å². The average molecular weight is 513 g/mol. The number of carbonyl (C=O) groups is 1. The number of amides is 1. The zero-order valence-electron chi connectivity index (χ0n) is 15.1. The summed E-state index contributed by atoms with van der Waals surface area (Å²) in [4.78, 5) is 12.1. The van der Waals surface area contributed by atoms with E-state index in [1.165, 1.54) is 42.5 Å². The van der Waals surface area contributed by atoms with Gasteiger partial charge < -0.3 is 0 Å². The van der Waals surface area contributed by atoms with Gasteiger partial charge in [0.25, 0.3) is 15.9 Å². The van der Waals surface area contributed by atoms with E-state index in [0.29, 0.717) is 4.68 Å². The smallest absolute Gasteiger partial charge is 0.266 e. The van der Waals surface area contributed by atoms with Gasteiger partial charge in [-0.05, 0) is 36.4 Å². The third-order valence-corrected chi connectivity index (χ3v) is 6.12. The molecule has 0 bridgehead atoms. The van der Waals surface area contributed by atoms with E-state index in [4.69, 9.17) is 34.8 Å². The molecule has 31 heavy (non-hydrogen) atoms. The van der Waals surface area contributed by atoms with Crippen molar-refractivity contribution in [1.82, 2.24) is 14.5 Å². The first-order valence-corrected chi connectivity index (χ1v) is 10.9. The molecule has 0 aliphatic rings. The number of nitrogens with zero attached hydrogens (tertiary/aromatic N) is 2. The van der Waals surface area contributed by atoms with Crippen molar-refractivity contribution in [2.45, 2.75) is 17.6 Å². The van der Waals surface area contributed by atoms with Crippen molar-refractivity contribution < 1.29 is 26.4 Å². The number of nitrogens with one attached hydrogen (secondary N) is 1. The second-order valence-electron chi connectivity index (χ2n) is 6.21. The van der Waals surface area contributed by atoms with Crippen molar-refractivity contribution in [3.63, 3.8) is 0 Å². The molecule has 1 N–H and O–H groups in total. The molecule has 0 fully saturated rings. The van der Waals surface area contributed by atoms with Crippen molar-refractivity contribution in [1.29, 1.82) is 0 Å². The first kappa shape index (κ1) is 23.4. The predicted molar refractivity (Wildman–Crippen MR) is 110 cm³/mol. The number of alkyl halides is 3. The first-order valence-electron chi connectivity index (χ1n) is 8.28. The highest BCUT2D eigenvalue weighted by Crippen LogP contribution is 2.30. The summed E-state index contributed by atoms with van der Waals surface area (Å²) in [6.45, 7) is -1.53. The van der Waals surface area contributed by atoms with E-state index in [9.17, 15) is 26.4 Å². The van der Waals surface area contributed by atoms with Crippen LogP contribution >= 0.6 is 34.8 Å². The molecule has 0 atom stereocenters. The van der Waals surface area contributed by atoms with E-state index >= 15 is 0 Å². The molecule has 13 heteroatoms. The van der Waals surface area contributed by atoms with Crippen molar-refractivity contribution in [3.05, 3.63) is 69.3 Å². The van der Waals surface area contributed by atoms with Crippen LogP contribution in [0, 0.1) is 0 Å². The van der Waals surface area contributed by atoms with Gasteiger partial charge >= 0.3 is 6.18 Å². The van der Waals surface area contributed by atoms with Gasteiger partial charge in [-0.3, -0.25) is 9.48 Å². The summed E-state index contributed by atoms with van der Waals surface area (Å²) in [5.41, 5.74) is -0.546. The minimum absolute atomic E-state index is 0.137. The summed E-state index contributed by atoms with van der Waals surface area (Å²) >= 11 is 17.7. The van der Waals surface area contributed by atoms with Crippen LogP contribution in [0.2, 0.25) is 15.1 Å². The molecule has 0 unspecified atom stereocenters. The summed E-state index contributed by atoms with van der Waals surface area (Å²) in [6, 6.07) is 10.4. The third kappa shape index (κ3) is 5.70. The lowest BCUT2D eigenvalue weighted by molar-refractivity contribution is -0.142. The number of hydrogen-bond acceptors (Lipinski definition) is 4. The molecule has 0 saturated heterocycles. The highest BCUT2D eigenvalue weighted by atomic mass is 35.5. The maximum atomic E-state index is 13.0. The fourth-order valence-electron chi connectivity index (χ4n) is 2.64. The second-order valence-corrected chi connectivity index (χ2v) is 9.14. The number of aromatic nitrogens is 2. The van der Waals surface area contributed by atoms with Crippen molar-refractivity contribution in [2.24, 2.45) is 0 Å². The molecule has 3 rings (SSSR count). The number of hydrogen-bond donors (Lipinski definition) is 1. The molecule has 1 aromatic heterocycles. The van der Waals surface area contributed by atoms with Gasteiger partial charge in [0.05, 0.1) is 10.7 Å². The molecule has 0 saturated carbocycles. The Morgan fingerprint density at radius 2 is 1.65 bits per heavy atom. The summed E-state index contributed by atoms with van der Waals surface area (Å²) in [6.07, 6.45) is -4.67. The van der Waals surface area contributed by atoms with Gasteiger partial charge in [-0.25, -0.2) is 13.1 Å². The summed E-state index contributed by atoms with van der Waals surface area (Å²) in [5, 5.41) is 3.79. The Kier molecular flexibility index (Phi) is 6.56. The fourth-order valence-corrected chi connectivity index (χ4v) is 4.65. The highest BCUT2D eigenvalue weighted by molar-refractivity contribution is 7.90. The lowest BCUT2D eigenvalue weighted by Gasteiger charge is -2.10. The standard InChI is InChI=1S/C18H11Cl3F3N3O3S/c19-11-5-10(6-12(20)7-11)15-8-14(25-27(15)9-18(22,23)24)17(28)26-31(29,30)16-4-2-1-3-13(16)21/h1-8H,9H2,(H,26,28). The maximum Gasteiger partial charge on any atom is 0.408 e. The zero-order chi connectivity index (χ0) is 23.0. The summed E-state index contributed by atoms with van der Waals surface area (Å²) < 4.78 is 66.2. The molecular weight excluding hydrogens is 502 g/mol. The normalized spacial score (nSPS) is 12.1. The van der Waals surface area contributed by atoms with Crippen LogP contribution < -0.4 is 4.72 Å². The van der Waals surface area contributed by atoms with Crippen LogP contribution in [0.3, 0.4) is 0 Å². The van der Waals surface area contributed by atoms with Crippen LogP contribution in [0.15, 0.2) is 53.4 Å². The Morgan fingerprint density at radius 3 is 2.23 bits per heavy atom. The van der Waals surface area contributed by atoms with Gasteiger partial charge in [0.2, 0.25) is 0 Å². The van der Waals surface area contributed by atoms with Gasteiger partial charge in [0, 0.05) is 15.6 Å². The van der Waals surface area contributed by atoms with Gasteiger partial charge in [-0.15, -0.1) is 0 Å². The van der Waals surface area contributed by atoms with E-state index in [1.807, 2.05) is 0 Å². The van der Waals surface area contributed by atoms with Crippen LogP contribution in [-0.2, 0) is 16.6 Å². The van der Waals surface area contributed by atoms with E-state index < -0.39 is 34.3 Å². The summed E-state index contributed by atoms with van der Waals surface area (Å²) in [5.74, 6) is -1.24. The largest absolute Gasteiger partial charge is 0.408 e. The van der Waals surface area contributed by atoms with Crippen molar-refractivity contribution >= 4 is 50.7 Å². The number of carbonyl (C=O) groups excluding carboxylic acids is 1. The average Bonchev–Trinajstić information content (AvgIpc) is 3.03. The van der Waals surface area contributed by atoms with Crippen molar-refractivity contribution in [3.8, 4) is 11.3 Å². The van der Waals surface area contributed by atoms with E-state index in [1.54, 1.807) is 4.72 Å². The minimum atomic E-state index is -4.67. The van der Waals surface area contributed by atoms with Gasteiger partial charge in [0.1, 0.15) is 11.4 Å². The minimum Gasteiger partial charge on any atom is -0.266 e. The summed E-state index contributed by atoms with van der Waals surface area (Å²) in [7, 11) is -4.40. The third-order valence-electron chi connectivity index (χ3n) is 3.85. The van der Waals surface area contributed by atoms with Crippen LogP contribution in [0.1, 0.15) is 10.5 Å². The fraction of sp³-hybridized carbons (Fsp3) is 0.111. The highest BCUT2D eigenvalue weighted by Gasteiger charge is 2.31. The number of sulfonamides is 1. The predicted octanol–water partition coefficient (Wildman–Crippen LogP) is 5.19. The maximum absolute atomic E-state index is 13.0. The van der Waals surface area contributed by atoms with Gasteiger partial charge in [-0.1, -0.05) is 46.9 Å². The SMILES string of the molecule is O=C(NS(=O)(=O)c1ccccc1Cl)c1cc(-c2cc(Cl)cc(Cl)c2)n(CC(F)(F)F)n1. The lowest BCUT2D eigenvalue weighted by Crippen LogP contribution is -2.31. The Morgan fingerprint density at radius 1 is 1.03 bits per heavy atom. The molecule has 0 aliphatic heterocycles. The number of benzene rings is 2. The van der Waals surface area contributed by atoms with Crippen LogP contribution in [0.5, 0.6) is 0 Å². The first-order chi connectivity index (χ1) is 14.4. The van der Waals surface area contributed by atoms with Gasteiger partial charge in [-0.2, -0.15) is 18.3 Å². The lowest BCUT2D eigenvalue weighted by atomic mass is 10.1. The number of halogens is 6. The van der Waals surface area contributed by atoms with E-state index in [0.717, 1.165) is 6.07 Å². The van der Waals surface area contributed by atoms with Gasteiger partial charge in [0.15, 0.2) is 5.69 Å². The molecule has 1 heterocycles. The monoisotopic (exact) mass is 511 g/mol. The molecular formula is C18H11Cl3F3N3O3S. The zero-order valence-corrected chi connectivity index (χ0v) is 18.2. The molecule has 164 valence electrons. The molecule has 0 radical (unpaired) electrons. The Balaban J connectivity index is 2.01. The Labute approximate surface area is 189 Å². The van der Waals surface area contributed by atoms with Crippen LogP contribution in [-0.4, -0.2) is 30.3 Å². The van der Waals surface area contributed by atoms with E-state index in [2.05, 4.69) is 5.10 Å². The molecule has 0 aliphatic carbocycles.